The van der Waals surface area contributed by atoms with Gasteiger partial charge in [-0.25, -0.2) is 0 Å². The number of hydrogen-bond donors (Lipinski definition) is 0. The molecule has 2 aliphatic heterocycles. The highest BCUT2D eigenvalue weighted by Crippen LogP contribution is 2.50. The van der Waals surface area contributed by atoms with Crippen molar-refractivity contribution in [1.82, 2.24) is 4.57 Å². The number of para-hydroxylation sites is 1. The third-order valence-corrected chi connectivity index (χ3v) is 16.3. The molecule has 0 amide bonds. The minimum Gasteiger partial charge on any atom is -0.454 e. The number of hydrogen-bond acceptors (Lipinski definition) is 4. The molecule has 0 saturated heterocycles. The maximum Gasteiger partial charge on any atom is 0.252 e. The van der Waals surface area contributed by atoms with E-state index < -0.39 is 0 Å². The maximum atomic E-state index is 6.94. The molecule has 0 N–H and O–H groups in total. The summed E-state index contributed by atoms with van der Waals surface area (Å²) in [6.45, 7) is 23.0. The summed E-state index contributed by atoms with van der Waals surface area (Å²) in [5.74, 6) is 0. The fourth-order valence-corrected chi connectivity index (χ4v) is 12.7. The number of thiophene rings is 1. The van der Waals surface area contributed by atoms with Crippen molar-refractivity contribution < 1.29 is 4.42 Å². The van der Waals surface area contributed by atoms with Crippen LogP contribution in [-0.2, 0) is 16.2 Å². The Kier molecular flexibility index (Phi) is 8.86. The minimum absolute atomic E-state index is 0.0350. The van der Waals surface area contributed by atoms with Crippen molar-refractivity contribution in [2.45, 2.75) is 85.5 Å². The van der Waals surface area contributed by atoms with E-state index in [1.54, 1.807) is 0 Å². The third kappa shape index (κ3) is 6.27. The van der Waals surface area contributed by atoms with Crippen LogP contribution < -0.4 is 26.2 Å². The molecular weight excluding hydrogens is 858 g/mol. The first-order valence-electron chi connectivity index (χ1n) is 24.5. The van der Waals surface area contributed by atoms with Crippen molar-refractivity contribution in [3.63, 3.8) is 0 Å². The predicted molar refractivity (Wildman–Crippen MR) is 298 cm³/mol. The lowest BCUT2D eigenvalue weighted by Gasteiger charge is -2.41. The lowest BCUT2D eigenvalue weighted by molar-refractivity contribution is 0.590. The summed E-state index contributed by atoms with van der Waals surface area (Å²) < 4.78 is 12.1. The molecule has 0 atom stereocenters. The van der Waals surface area contributed by atoms with E-state index in [4.69, 9.17) is 4.42 Å². The standard InChI is InChI=1S/C63H56BN3OS/c1-37-32-52-56-53(33-37)67-57-47(59-58(67)46-17-11-13-20-54(46)68-59)34-40(63(8,9)10)35-49(57)64(56)48-31-30-43(36-51(48)66(52)50-19-15-18-45-44-16-12-14-21-55(44)69-60(45)50)65(41-26-22-38(23-27-41)61(2,3)4)42-28-24-39(25-29-42)62(5,6)7/h11-36H,1-10H3. The number of nitrogens with zero attached hydrogens (tertiary/aromatic N) is 3. The Labute approximate surface area is 409 Å². The van der Waals surface area contributed by atoms with Crippen LogP contribution in [0.15, 0.2) is 162 Å². The van der Waals surface area contributed by atoms with Gasteiger partial charge in [0.15, 0.2) is 5.58 Å². The Hall–Kier alpha value is -7.02. The highest BCUT2D eigenvalue weighted by Gasteiger charge is 2.44. The third-order valence-electron chi connectivity index (χ3n) is 15.1. The minimum atomic E-state index is -0.0999. The first-order chi connectivity index (χ1) is 33.0. The van der Waals surface area contributed by atoms with Crippen molar-refractivity contribution in [3.05, 3.63) is 180 Å². The molecule has 0 radical (unpaired) electrons. The second kappa shape index (κ2) is 14.5. The van der Waals surface area contributed by atoms with E-state index in [1.165, 1.54) is 92.5 Å². The highest BCUT2D eigenvalue weighted by atomic mass is 32.1. The van der Waals surface area contributed by atoms with Gasteiger partial charge in [-0.2, -0.15) is 0 Å². The first kappa shape index (κ1) is 42.1. The molecule has 0 aliphatic carbocycles. The average molecular weight is 914 g/mol. The Morgan fingerprint density at radius 1 is 0.478 bits per heavy atom. The van der Waals surface area contributed by atoms with E-state index in [9.17, 15) is 0 Å². The molecule has 338 valence electrons. The van der Waals surface area contributed by atoms with Crippen molar-refractivity contribution in [3.8, 4) is 5.69 Å². The molecule has 69 heavy (non-hydrogen) atoms. The zero-order valence-corrected chi connectivity index (χ0v) is 42.1. The summed E-state index contributed by atoms with van der Waals surface area (Å²) in [5, 5.41) is 4.90. The van der Waals surface area contributed by atoms with Crippen LogP contribution >= 0.6 is 11.3 Å². The molecule has 4 nitrogen and oxygen atoms in total. The van der Waals surface area contributed by atoms with E-state index >= 15 is 0 Å². The molecular formula is C63H56BN3OS. The summed E-state index contributed by atoms with van der Waals surface area (Å²) in [7, 11) is 0. The summed E-state index contributed by atoms with van der Waals surface area (Å²) >= 11 is 1.90. The van der Waals surface area contributed by atoms with Gasteiger partial charge < -0.3 is 18.8 Å². The number of benzene rings is 8. The summed E-state index contributed by atoms with van der Waals surface area (Å²) in [5.41, 5.74) is 21.5. The maximum absolute atomic E-state index is 6.94. The van der Waals surface area contributed by atoms with Crippen LogP contribution in [0.1, 0.15) is 84.6 Å². The molecule has 13 rings (SSSR count). The van der Waals surface area contributed by atoms with Crippen LogP contribution in [0.25, 0.3) is 58.8 Å². The van der Waals surface area contributed by atoms with Gasteiger partial charge in [0.1, 0.15) is 11.1 Å². The molecule has 0 unspecified atom stereocenters. The Bertz CT molecular complexity index is 3870. The molecule has 3 aromatic heterocycles. The van der Waals surface area contributed by atoms with Gasteiger partial charge >= 0.3 is 0 Å². The molecule has 5 heterocycles. The lowest BCUT2D eigenvalue weighted by atomic mass is 9.33. The summed E-state index contributed by atoms with van der Waals surface area (Å²) in [6.07, 6.45) is 0. The fraction of sp³-hybridized carbons (Fsp3) is 0.206. The zero-order chi connectivity index (χ0) is 47.5. The normalized spacial score (nSPS) is 13.6. The molecule has 6 heteroatoms. The number of aryl methyl sites for hydroxylation is 1. The van der Waals surface area contributed by atoms with Gasteiger partial charge in [0.2, 0.25) is 0 Å². The second-order valence-corrected chi connectivity index (χ2v) is 23.8. The van der Waals surface area contributed by atoms with Crippen molar-refractivity contribution in [2.75, 3.05) is 9.80 Å². The van der Waals surface area contributed by atoms with Crippen molar-refractivity contribution >= 4 is 122 Å². The summed E-state index contributed by atoms with van der Waals surface area (Å²) in [4.78, 5) is 5.07. The van der Waals surface area contributed by atoms with Crippen LogP contribution in [0, 0.1) is 6.92 Å². The van der Waals surface area contributed by atoms with Crippen LogP contribution in [0.4, 0.5) is 34.1 Å². The van der Waals surface area contributed by atoms with Crippen molar-refractivity contribution in [2.24, 2.45) is 0 Å². The van der Waals surface area contributed by atoms with Gasteiger partial charge in [-0.3, -0.25) is 0 Å². The zero-order valence-electron chi connectivity index (χ0n) is 41.2. The first-order valence-corrected chi connectivity index (χ1v) is 25.4. The Balaban J connectivity index is 1.14. The number of anilines is 6. The van der Waals surface area contributed by atoms with E-state index in [-0.39, 0.29) is 23.0 Å². The van der Waals surface area contributed by atoms with Gasteiger partial charge in [-0.1, -0.05) is 141 Å². The predicted octanol–water partition coefficient (Wildman–Crippen LogP) is 16.2. The topological polar surface area (TPSA) is 24.6 Å². The molecule has 0 spiro atoms. The van der Waals surface area contributed by atoms with Gasteiger partial charge in [0, 0.05) is 60.4 Å². The van der Waals surface area contributed by atoms with E-state index in [0.717, 1.165) is 39.1 Å². The van der Waals surface area contributed by atoms with Crippen LogP contribution in [0.2, 0.25) is 0 Å². The molecule has 0 saturated carbocycles. The van der Waals surface area contributed by atoms with Crippen LogP contribution in [-0.4, -0.2) is 11.3 Å². The molecule has 11 aromatic rings. The fourth-order valence-electron chi connectivity index (χ4n) is 11.5. The second-order valence-electron chi connectivity index (χ2n) is 22.7. The van der Waals surface area contributed by atoms with Gasteiger partial charge in [0.05, 0.1) is 15.9 Å². The van der Waals surface area contributed by atoms with Crippen molar-refractivity contribution in [1.29, 1.82) is 0 Å². The molecule has 0 bridgehead atoms. The molecule has 0 fully saturated rings. The number of aromatic nitrogens is 1. The van der Waals surface area contributed by atoms with E-state index in [0.29, 0.717) is 0 Å². The largest absolute Gasteiger partial charge is 0.454 e. The van der Waals surface area contributed by atoms with Gasteiger partial charge in [0.25, 0.3) is 6.71 Å². The van der Waals surface area contributed by atoms with E-state index in [2.05, 4.69) is 241 Å². The SMILES string of the molecule is Cc1cc2c3c(c1)-n1c4c(cc(C(C)(C)C)cc4c4oc5ccccc5c41)B3c1ccc(N(c3ccc(C(C)(C)C)cc3)c3ccc(C(C)(C)C)cc3)cc1N2c1cccc2c1sc1ccccc12. The van der Waals surface area contributed by atoms with Crippen LogP contribution in [0.3, 0.4) is 0 Å². The van der Waals surface area contributed by atoms with Gasteiger partial charge in [-0.05, 0) is 141 Å². The van der Waals surface area contributed by atoms with Crippen LogP contribution in [0.5, 0.6) is 0 Å². The number of furan rings is 1. The quantitative estimate of drug-likeness (QED) is 0.164. The monoisotopic (exact) mass is 913 g/mol. The Morgan fingerprint density at radius 2 is 1.09 bits per heavy atom. The molecule has 8 aromatic carbocycles. The molecule has 2 aliphatic rings. The summed E-state index contributed by atoms with van der Waals surface area (Å²) in [6, 6.07) is 60.0. The smallest absolute Gasteiger partial charge is 0.252 e. The Morgan fingerprint density at radius 3 is 1.77 bits per heavy atom. The van der Waals surface area contributed by atoms with Gasteiger partial charge in [-0.15, -0.1) is 11.3 Å². The average Bonchev–Trinajstić information content (AvgIpc) is 3.99. The number of rotatable bonds is 4. The highest BCUT2D eigenvalue weighted by molar-refractivity contribution is 7.26. The lowest BCUT2D eigenvalue weighted by Crippen LogP contribution is -2.60. The van der Waals surface area contributed by atoms with E-state index in [1.807, 2.05) is 11.3 Å². The number of fused-ring (bicyclic) bond motifs is 12.